The molecule has 17 heavy (non-hydrogen) atoms. The average Bonchev–Trinajstić information content (AvgIpc) is 2.18. The molecule has 0 aromatic heterocycles. The first-order chi connectivity index (χ1) is 7.90. The second-order valence-corrected chi connectivity index (χ2v) is 4.65. The largest absolute Gasteiger partial charge is 0.433 e. The molecule has 1 aromatic rings. The zero-order valence-corrected chi connectivity index (χ0v) is 9.62. The van der Waals surface area contributed by atoms with Gasteiger partial charge in [-0.2, -0.15) is 8.78 Å². The Hall–Kier alpha value is -0.910. The van der Waals surface area contributed by atoms with Crippen molar-refractivity contribution >= 4 is 11.6 Å². The van der Waals surface area contributed by atoms with Crippen molar-refractivity contribution in [3.8, 4) is 5.75 Å². The number of rotatable bonds is 3. The molecule has 6 heteroatoms. The molecule has 0 spiro atoms. The van der Waals surface area contributed by atoms with E-state index in [9.17, 15) is 13.9 Å². The van der Waals surface area contributed by atoms with E-state index < -0.39 is 18.3 Å². The fourth-order valence-electron chi connectivity index (χ4n) is 2.02. The number of hydrogen-bond acceptors (Lipinski definition) is 3. The van der Waals surface area contributed by atoms with Crippen LogP contribution in [0.2, 0.25) is 5.02 Å². The third-order valence-electron chi connectivity index (χ3n) is 2.92. The molecule has 0 heterocycles. The first-order valence-electron chi connectivity index (χ1n) is 5.12. The Kier molecular flexibility index (Phi) is 3.25. The topological polar surface area (TPSA) is 55.5 Å². The summed E-state index contributed by atoms with van der Waals surface area (Å²) in [6.45, 7) is -2.91. The summed E-state index contributed by atoms with van der Waals surface area (Å²) in [4.78, 5) is 0. The van der Waals surface area contributed by atoms with Crippen LogP contribution in [0.4, 0.5) is 8.78 Å². The van der Waals surface area contributed by atoms with Crippen LogP contribution in [0.3, 0.4) is 0 Å². The molecule has 2 rings (SSSR count). The van der Waals surface area contributed by atoms with Crippen LogP contribution in [0.15, 0.2) is 18.2 Å². The third kappa shape index (κ3) is 2.51. The van der Waals surface area contributed by atoms with Gasteiger partial charge in [-0.3, -0.25) is 0 Å². The molecule has 1 aliphatic rings. The van der Waals surface area contributed by atoms with E-state index in [1.807, 2.05) is 0 Å². The summed E-state index contributed by atoms with van der Waals surface area (Å²) in [5, 5.41) is 9.34. The van der Waals surface area contributed by atoms with Gasteiger partial charge < -0.3 is 15.6 Å². The van der Waals surface area contributed by atoms with Gasteiger partial charge in [-0.15, -0.1) is 0 Å². The van der Waals surface area contributed by atoms with Crippen molar-refractivity contribution in [3.63, 3.8) is 0 Å². The third-order valence-corrected chi connectivity index (χ3v) is 3.22. The van der Waals surface area contributed by atoms with E-state index in [-0.39, 0.29) is 10.8 Å². The lowest BCUT2D eigenvalue weighted by Gasteiger charge is -2.42. The van der Waals surface area contributed by atoms with Gasteiger partial charge in [0.05, 0.1) is 11.1 Å². The van der Waals surface area contributed by atoms with Crippen molar-refractivity contribution in [1.82, 2.24) is 0 Å². The second-order valence-electron chi connectivity index (χ2n) is 4.24. The van der Waals surface area contributed by atoms with Gasteiger partial charge in [0.2, 0.25) is 0 Å². The van der Waals surface area contributed by atoms with Gasteiger partial charge in [-0.25, -0.2) is 0 Å². The predicted octanol–water partition coefficient (Wildman–Crippen LogP) is 2.25. The molecular formula is C11H12ClF2NO2. The Morgan fingerprint density at radius 1 is 1.47 bits per heavy atom. The van der Waals surface area contributed by atoms with Crippen molar-refractivity contribution in [1.29, 1.82) is 0 Å². The van der Waals surface area contributed by atoms with E-state index in [1.54, 1.807) is 6.07 Å². The van der Waals surface area contributed by atoms with Crippen LogP contribution < -0.4 is 10.5 Å². The number of alkyl halides is 2. The highest BCUT2D eigenvalue weighted by atomic mass is 35.5. The number of halogens is 3. The molecule has 1 fully saturated rings. The fourth-order valence-corrected chi connectivity index (χ4v) is 2.24. The second kappa shape index (κ2) is 4.40. The average molecular weight is 264 g/mol. The molecule has 0 atom stereocenters. The molecule has 0 bridgehead atoms. The summed E-state index contributed by atoms with van der Waals surface area (Å²) >= 11 is 5.82. The zero-order valence-electron chi connectivity index (χ0n) is 8.87. The molecule has 0 amide bonds. The van der Waals surface area contributed by atoms with E-state index in [2.05, 4.69) is 4.74 Å². The SMILES string of the molecule is NC1(c2ccc(OC(F)F)c(Cl)c2)CC(O)C1. The molecule has 1 aliphatic carbocycles. The summed E-state index contributed by atoms with van der Waals surface area (Å²) in [6.07, 6.45) is 0.479. The van der Waals surface area contributed by atoms with Crippen LogP contribution in [0.5, 0.6) is 5.75 Å². The lowest BCUT2D eigenvalue weighted by Crippen LogP contribution is -2.51. The number of benzene rings is 1. The first kappa shape index (κ1) is 12.5. The van der Waals surface area contributed by atoms with Gasteiger partial charge in [-0.1, -0.05) is 17.7 Å². The summed E-state index contributed by atoms with van der Waals surface area (Å²) in [6, 6.07) is 4.46. The Bertz CT molecular complexity index is 422. The van der Waals surface area contributed by atoms with E-state index >= 15 is 0 Å². The molecule has 0 saturated heterocycles. The number of ether oxygens (including phenoxy) is 1. The molecule has 0 unspecified atom stereocenters. The maximum atomic E-state index is 12.0. The van der Waals surface area contributed by atoms with Crippen molar-refractivity contribution in [2.45, 2.75) is 31.1 Å². The van der Waals surface area contributed by atoms with Crippen LogP contribution >= 0.6 is 11.6 Å². The quantitative estimate of drug-likeness (QED) is 0.879. The van der Waals surface area contributed by atoms with Crippen molar-refractivity contribution < 1.29 is 18.6 Å². The number of hydrogen-bond donors (Lipinski definition) is 2. The summed E-state index contributed by atoms with van der Waals surface area (Å²) in [5.41, 5.74) is 6.13. The highest BCUT2D eigenvalue weighted by Crippen LogP contribution is 2.41. The van der Waals surface area contributed by atoms with E-state index in [0.29, 0.717) is 12.8 Å². The number of aliphatic hydroxyl groups excluding tert-OH is 1. The van der Waals surface area contributed by atoms with Crippen LogP contribution in [0, 0.1) is 0 Å². The monoisotopic (exact) mass is 263 g/mol. The minimum absolute atomic E-state index is 0.0751. The lowest BCUT2D eigenvalue weighted by molar-refractivity contribution is -0.0498. The summed E-state index contributed by atoms with van der Waals surface area (Å²) in [5.74, 6) is -0.0751. The van der Waals surface area contributed by atoms with Crippen LogP contribution in [-0.2, 0) is 5.54 Å². The normalized spacial score (nSPS) is 28.0. The Labute approximate surface area is 102 Å². The van der Waals surface area contributed by atoms with Gasteiger partial charge in [0.15, 0.2) is 0 Å². The van der Waals surface area contributed by atoms with Crippen LogP contribution in [0.1, 0.15) is 18.4 Å². The predicted molar refractivity (Wildman–Crippen MR) is 59.2 cm³/mol. The van der Waals surface area contributed by atoms with Crippen LogP contribution in [-0.4, -0.2) is 17.8 Å². The van der Waals surface area contributed by atoms with Gasteiger partial charge >= 0.3 is 6.61 Å². The smallest absolute Gasteiger partial charge is 0.387 e. The number of nitrogens with two attached hydrogens (primary N) is 1. The maximum absolute atomic E-state index is 12.0. The van der Waals surface area contributed by atoms with Gasteiger partial charge in [0.1, 0.15) is 5.75 Å². The van der Waals surface area contributed by atoms with E-state index in [0.717, 1.165) is 5.56 Å². The molecule has 3 N–H and O–H groups in total. The molecule has 1 saturated carbocycles. The fraction of sp³-hybridized carbons (Fsp3) is 0.455. The Morgan fingerprint density at radius 3 is 2.59 bits per heavy atom. The lowest BCUT2D eigenvalue weighted by atomic mass is 9.71. The summed E-state index contributed by atoms with van der Waals surface area (Å²) < 4.78 is 28.3. The van der Waals surface area contributed by atoms with Crippen LogP contribution in [0.25, 0.3) is 0 Å². The van der Waals surface area contributed by atoms with Gasteiger partial charge in [-0.05, 0) is 30.5 Å². The van der Waals surface area contributed by atoms with Gasteiger partial charge in [0, 0.05) is 5.54 Å². The van der Waals surface area contributed by atoms with E-state index in [4.69, 9.17) is 17.3 Å². The summed E-state index contributed by atoms with van der Waals surface area (Å²) in [7, 11) is 0. The highest BCUT2D eigenvalue weighted by Gasteiger charge is 2.41. The Morgan fingerprint density at radius 2 is 2.12 bits per heavy atom. The minimum atomic E-state index is -2.91. The molecule has 0 radical (unpaired) electrons. The van der Waals surface area contributed by atoms with E-state index in [1.165, 1.54) is 12.1 Å². The van der Waals surface area contributed by atoms with Gasteiger partial charge in [0.25, 0.3) is 0 Å². The molecule has 94 valence electrons. The minimum Gasteiger partial charge on any atom is -0.433 e. The van der Waals surface area contributed by atoms with Crippen molar-refractivity contribution in [2.24, 2.45) is 5.73 Å². The van der Waals surface area contributed by atoms with Crippen molar-refractivity contribution in [3.05, 3.63) is 28.8 Å². The Balaban J connectivity index is 2.19. The molecule has 1 aromatic carbocycles. The maximum Gasteiger partial charge on any atom is 0.387 e. The first-order valence-corrected chi connectivity index (χ1v) is 5.50. The molecule has 0 aliphatic heterocycles. The van der Waals surface area contributed by atoms with Crippen molar-refractivity contribution in [2.75, 3.05) is 0 Å². The highest BCUT2D eigenvalue weighted by molar-refractivity contribution is 6.32. The number of aliphatic hydroxyl groups is 1. The molecule has 3 nitrogen and oxygen atoms in total. The zero-order chi connectivity index (χ0) is 12.6. The molecular weight excluding hydrogens is 252 g/mol. The standard InChI is InChI=1S/C11H12ClF2NO2/c12-8-3-6(11(15)4-7(16)5-11)1-2-9(8)17-10(13)14/h1-3,7,10,16H,4-5,15H2.